The molecule has 1 unspecified atom stereocenters. The summed E-state index contributed by atoms with van der Waals surface area (Å²) in [5.74, 6) is 0.442. The van der Waals surface area contributed by atoms with Crippen LogP contribution in [0.25, 0.3) is 43.1 Å². The largest absolute Gasteiger partial charge is 1.00 e. The molecule has 7 rings (SSSR count). The van der Waals surface area contributed by atoms with Gasteiger partial charge in [-0.05, 0) is 52.8 Å². The Kier molecular flexibility index (Phi) is 8.65. The van der Waals surface area contributed by atoms with Crippen LogP contribution in [-0.2, 0) is 6.42 Å². The van der Waals surface area contributed by atoms with E-state index in [0.717, 1.165) is 37.7 Å². The minimum atomic E-state index is 0. The van der Waals surface area contributed by atoms with E-state index in [2.05, 4.69) is 79.4 Å². The first-order valence-electron chi connectivity index (χ1n) is 14.7. The molecule has 1 aliphatic carbocycles. The summed E-state index contributed by atoms with van der Waals surface area (Å²) in [4.78, 5) is 28.8. The Bertz CT molecular complexity index is 1880. The van der Waals surface area contributed by atoms with E-state index in [9.17, 15) is 9.59 Å². The maximum atomic E-state index is 12.4. The zero-order valence-corrected chi connectivity index (χ0v) is 26.4. The summed E-state index contributed by atoms with van der Waals surface area (Å²) in [5.41, 5.74) is 8.83. The number of rotatable bonds is 6. The zero-order chi connectivity index (χ0) is 30.6. The molecule has 0 bridgehead atoms. The number of fused-ring (bicyclic) bond motifs is 1. The van der Waals surface area contributed by atoms with Gasteiger partial charge < -0.3 is 0 Å². The van der Waals surface area contributed by atoms with Crippen LogP contribution in [-0.4, -0.2) is 11.6 Å². The smallest absolute Gasteiger partial charge is 0.293 e. The van der Waals surface area contributed by atoms with Gasteiger partial charge in [-0.2, -0.15) is 0 Å². The molecule has 0 fully saturated rings. The fraction of sp³-hybridized carbons (Fsp3) is 0.100. The van der Waals surface area contributed by atoms with E-state index >= 15 is 0 Å². The third-order valence-electron chi connectivity index (χ3n) is 7.75. The highest BCUT2D eigenvalue weighted by atomic mass is 32.1. The number of allylic oxidation sites excluding steroid dienone is 1. The van der Waals surface area contributed by atoms with Crippen LogP contribution in [0.2, 0.25) is 0 Å². The molecule has 6 aromatic rings. The van der Waals surface area contributed by atoms with E-state index in [1.54, 1.807) is 18.3 Å². The molecule has 0 aliphatic heterocycles. The quantitative estimate of drug-likeness (QED) is 0.139. The van der Waals surface area contributed by atoms with Crippen molar-refractivity contribution in [2.75, 3.05) is 0 Å². The lowest BCUT2D eigenvalue weighted by atomic mass is 9.96. The van der Waals surface area contributed by atoms with Crippen LogP contribution in [0.4, 0.5) is 0 Å². The molecular formula is C40H33O2S2+. The Hall–Kier alpha value is -4.64. The van der Waals surface area contributed by atoms with Crippen molar-refractivity contribution in [1.82, 2.24) is 0 Å². The van der Waals surface area contributed by atoms with Gasteiger partial charge in [0.2, 0.25) is 0 Å². The van der Waals surface area contributed by atoms with Gasteiger partial charge in [0.25, 0.3) is 0 Å². The SMILES string of the molecule is C=C(C)C(=O)c1cc(-c2ccccc2)c(-c2ccccc2)s1.CC1Cc2c(sc(-c3ccccc3)c2-c2ccccc2)C1=O.[H+]. The molecule has 4 heteroatoms. The highest BCUT2D eigenvalue weighted by Crippen LogP contribution is 2.47. The van der Waals surface area contributed by atoms with Crippen LogP contribution in [0.15, 0.2) is 140 Å². The molecule has 1 aliphatic rings. The van der Waals surface area contributed by atoms with E-state index in [-0.39, 0.29) is 13.1 Å². The van der Waals surface area contributed by atoms with E-state index in [0.29, 0.717) is 11.4 Å². The number of thiophene rings is 2. The standard InChI is InChI=1S/2C20H16OS/c1-13-12-16-17(14-8-4-2-5-9-14)19(22-20(16)18(13)21)15-10-6-3-7-11-15;1-14(2)19(21)18-13-17(15-9-5-3-6-10-15)20(22-18)16-11-7-4-8-12-16/h2-11,13H,12H2,1H3;3-13H,1H2,2H3/p+1. The van der Waals surface area contributed by atoms with Crippen molar-refractivity contribution in [3.05, 3.63) is 155 Å². The number of hydrogen-bond acceptors (Lipinski definition) is 4. The van der Waals surface area contributed by atoms with Crippen molar-refractivity contribution >= 4 is 34.2 Å². The molecule has 0 amide bonds. The fourth-order valence-electron chi connectivity index (χ4n) is 5.53. The van der Waals surface area contributed by atoms with Crippen molar-refractivity contribution in [3.8, 4) is 43.1 Å². The van der Waals surface area contributed by atoms with Crippen LogP contribution < -0.4 is 0 Å². The third-order valence-corrected chi connectivity index (χ3v) is 10.2. The molecule has 216 valence electrons. The van der Waals surface area contributed by atoms with Crippen LogP contribution >= 0.6 is 22.7 Å². The second-order valence-electron chi connectivity index (χ2n) is 11.0. The first-order valence-corrected chi connectivity index (χ1v) is 16.3. The highest BCUT2D eigenvalue weighted by Gasteiger charge is 2.34. The molecule has 0 saturated heterocycles. The molecule has 44 heavy (non-hydrogen) atoms. The Morgan fingerprint density at radius 2 is 1.16 bits per heavy atom. The zero-order valence-electron chi connectivity index (χ0n) is 25.7. The summed E-state index contributed by atoms with van der Waals surface area (Å²) in [5, 5.41) is 0. The molecule has 2 heterocycles. The van der Waals surface area contributed by atoms with Crippen molar-refractivity contribution in [3.63, 3.8) is 0 Å². The van der Waals surface area contributed by atoms with Gasteiger partial charge in [-0.1, -0.05) is 135 Å². The van der Waals surface area contributed by atoms with Gasteiger partial charge in [0, 0.05) is 26.8 Å². The highest BCUT2D eigenvalue weighted by molar-refractivity contribution is 7.18. The maximum Gasteiger partial charge on any atom is 1.00 e. The summed E-state index contributed by atoms with van der Waals surface area (Å²) in [6.45, 7) is 7.56. The molecule has 2 nitrogen and oxygen atoms in total. The predicted octanol–water partition coefficient (Wildman–Crippen LogP) is 11.4. The lowest BCUT2D eigenvalue weighted by Crippen LogP contribution is -2.02. The molecule has 1 atom stereocenters. The first kappa shape index (κ1) is 29.4. The van der Waals surface area contributed by atoms with E-state index in [1.807, 2.05) is 61.5 Å². The molecule has 0 N–H and O–H groups in total. The third kappa shape index (κ3) is 5.92. The second kappa shape index (κ2) is 12.9. The molecule has 0 saturated carbocycles. The number of ketones is 2. The van der Waals surface area contributed by atoms with Gasteiger partial charge >= 0.3 is 1.43 Å². The van der Waals surface area contributed by atoms with Crippen LogP contribution in [0.3, 0.4) is 0 Å². The topological polar surface area (TPSA) is 34.1 Å². The predicted molar refractivity (Wildman–Crippen MR) is 188 cm³/mol. The monoisotopic (exact) mass is 609 g/mol. The molecule has 0 spiro atoms. The maximum absolute atomic E-state index is 12.4. The van der Waals surface area contributed by atoms with Crippen molar-refractivity contribution in [1.29, 1.82) is 0 Å². The fourth-order valence-corrected chi connectivity index (χ4v) is 8.15. The van der Waals surface area contributed by atoms with Gasteiger partial charge in [-0.3, -0.25) is 9.59 Å². The van der Waals surface area contributed by atoms with Gasteiger partial charge in [0.05, 0.1) is 9.75 Å². The van der Waals surface area contributed by atoms with Crippen molar-refractivity contribution < 1.29 is 11.0 Å². The van der Waals surface area contributed by atoms with Crippen molar-refractivity contribution in [2.24, 2.45) is 5.92 Å². The second-order valence-corrected chi connectivity index (χ2v) is 13.1. The average Bonchev–Trinajstić information content (AvgIpc) is 3.76. The number of carbonyl (C=O) groups is 2. The lowest BCUT2D eigenvalue weighted by molar-refractivity contribution is 0.0949. The van der Waals surface area contributed by atoms with Gasteiger partial charge in [0.1, 0.15) is 0 Å². The summed E-state index contributed by atoms with van der Waals surface area (Å²) in [6, 6.07) is 43.2. The Labute approximate surface area is 268 Å². The average molecular weight is 610 g/mol. The van der Waals surface area contributed by atoms with Crippen LogP contribution in [0, 0.1) is 5.92 Å². The first-order chi connectivity index (χ1) is 21.4. The molecule has 4 aromatic carbocycles. The van der Waals surface area contributed by atoms with E-state index < -0.39 is 0 Å². The van der Waals surface area contributed by atoms with Crippen LogP contribution in [0.1, 0.15) is 40.2 Å². The van der Waals surface area contributed by atoms with E-state index in [4.69, 9.17) is 0 Å². The molecule has 0 radical (unpaired) electrons. The minimum Gasteiger partial charge on any atom is -0.293 e. The summed E-state index contributed by atoms with van der Waals surface area (Å²) < 4.78 is 0. The van der Waals surface area contributed by atoms with Crippen LogP contribution in [0.5, 0.6) is 0 Å². The number of Topliss-reactive ketones (excluding diaryl/α,β-unsaturated/α-hetero) is 2. The Morgan fingerprint density at radius 1 is 0.682 bits per heavy atom. The summed E-state index contributed by atoms with van der Waals surface area (Å²) in [7, 11) is 0. The summed E-state index contributed by atoms with van der Waals surface area (Å²) in [6.07, 6.45) is 0.863. The van der Waals surface area contributed by atoms with Gasteiger partial charge in [-0.25, -0.2) is 0 Å². The summed E-state index contributed by atoms with van der Waals surface area (Å²) >= 11 is 3.19. The lowest BCUT2D eigenvalue weighted by Gasteiger charge is -2.08. The minimum absolute atomic E-state index is 0. The normalized spacial score (nSPS) is 13.6. The van der Waals surface area contributed by atoms with Gasteiger partial charge in [-0.15, -0.1) is 22.7 Å². The van der Waals surface area contributed by atoms with E-state index in [1.165, 1.54) is 38.5 Å². The number of carbonyl (C=O) groups excluding carboxylic acids is 2. The van der Waals surface area contributed by atoms with Gasteiger partial charge in [0.15, 0.2) is 11.6 Å². The number of benzene rings is 4. The molecular weight excluding hydrogens is 577 g/mol. The molecule has 2 aromatic heterocycles. The Balaban J connectivity index is 0.000000174. The Morgan fingerprint density at radius 3 is 1.68 bits per heavy atom. The number of hydrogen-bond donors (Lipinski definition) is 0. The van der Waals surface area contributed by atoms with Crippen molar-refractivity contribution in [2.45, 2.75) is 20.3 Å².